The molecule has 7 heteroatoms. The maximum atomic E-state index is 6.80. The van der Waals surface area contributed by atoms with Crippen molar-refractivity contribution in [2.75, 3.05) is 52.7 Å². The van der Waals surface area contributed by atoms with Gasteiger partial charge in [0.15, 0.2) is 0 Å². The Bertz CT molecular complexity index is 757. The third-order valence-electron chi connectivity index (χ3n) is 12.1. The molecule has 7 nitrogen and oxygen atoms in total. The third-order valence-corrected chi connectivity index (χ3v) is 12.1. The highest BCUT2D eigenvalue weighted by Gasteiger charge is 2.66. The SMILES string of the molecule is CCCOCCC[C@@H](C)C1CC[C@H]2C3[C@H](OCCN)CC4C[C@H](OCCN)CCC4(C)[C@H]3CC(OCCN)C12C. The second-order valence-corrected chi connectivity index (χ2v) is 14.1. The van der Waals surface area contributed by atoms with Gasteiger partial charge in [0, 0.05) is 38.3 Å². The van der Waals surface area contributed by atoms with Gasteiger partial charge in [0.25, 0.3) is 0 Å². The summed E-state index contributed by atoms with van der Waals surface area (Å²) in [6.07, 6.45) is 12.7. The second kappa shape index (κ2) is 14.9. The summed E-state index contributed by atoms with van der Waals surface area (Å²) in [5.74, 6) is 3.71. The number of ether oxygens (including phenoxy) is 4. The Balaban J connectivity index is 1.59. The standard InChI is InChI=1S/C33H63N3O4/c1-5-15-37-16-6-7-23(2)26-8-9-27-31-28(22-30(33(26,27)4)40-19-14-36)32(3)11-10-25(38-17-12-34)20-24(32)21-29(31)39-18-13-35/h23-31H,5-22,34-36H2,1-4H3/t23-,24?,25-,26?,27+,28+,29-,30?,31?,32?,33?/m1/s1. The van der Waals surface area contributed by atoms with Gasteiger partial charge in [-0.25, -0.2) is 0 Å². The molecule has 6 unspecified atom stereocenters. The zero-order chi connectivity index (χ0) is 28.8. The molecule has 0 saturated heterocycles. The third kappa shape index (κ3) is 6.61. The first-order valence-electron chi connectivity index (χ1n) is 16.9. The lowest BCUT2D eigenvalue weighted by Crippen LogP contribution is -2.63. The number of nitrogens with two attached hydrogens (primary N) is 3. The van der Waals surface area contributed by atoms with E-state index in [0.717, 1.165) is 51.7 Å². The van der Waals surface area contributed by atoms with Crippen LogP contribution < -0.4 is 17.2 Å². The van der Waals surface area contributed by atoms with Crippen molar-refractivity contribution in [2.24, 2.45) is 63.5 Å². The van der Waals surface area contributed by atoms with Crippen molar-refractivity contribution < 1.29 is 18.9 Å². The molecule has 4 saturated carbocycles. The van der Waals surface area contributed by atoms with Gasteiger partial charge in [-0.15, -0.1) is 0 Å². The number of fused-ring (bicyclic) bond motifs is 5. The Morgan fingerprint density at radius 2 is 1.52 bits per heavy atom. The van der Waals surface area contributed by atoms with Gasteiger partial charge >= 0.3 is 0 Å². The van der Waals surface area contributed by atoms with Crippen molar-refractivity contribution in [2.45, 2.75) is 110 Å². The molecule has 234 valence electrons. The van der Waals surface area contributed by atoms with Crippen LogP contribution in [0.5, 0.6) is 0 Å². The van der Waals surface area contributed by atoms with E-state index >= 15 is 0 Å². The average molecular weight is 566 g/mol. The van der Waals surface area contributed by atoms with Crippen LogP contribution in [0.1, 0.15) is 91.9 Å². The minimum absolute atomic E-state index is 0.148. The minimum Gasteiger partial charge on any atom is -0.381 e. The highest BCUT2D eigenvalue weighted by molar-refractivity contribution is 5.15. The van der Waals surface area contributed by atoms with Crippen LogP contribution in [0, 0.1) is 46.3 Å². The first kappa shape index (κ1) is 32.6. The highest BCUT2D eigenvalue weighted by Crippen LogP contribution is 2.69. The molecular weight excluding hydrogens is 502 g/mol. The van der Waals surface area contributed by atoms with Gasteiger partial charge in [-0.3, -0.25) is 0 Å². The molecule has 4 aliphatic rings. The molecule has 0 bridgehead atoms. The van der Waals surface area contributed by atoms with E-state index in [-0.39, 0.29) is 17.6 Å². The van der Waals surface area contributed by atoms with Crippen LogP contribution in [0.25, 0.3) is 0 Å². The van der Waals surface area contributed by atoms with E-state index in [1.54, 1.807) is 0 Å². The van der Waals surface area contributed by atoms with E-state index in [4.69, 9.17) is 36.1 Å². The van der Waals surface area contributed by atoms with Crippen LogP contribution in [0.3, 0.4) is 0 Å². The minimum atomic E-state index is 0.148. The van der Waals surface area contributed by atoms with E-state index in [9.17, 15) is 0 Å². The van der Waals surface area contributed by atoms with Crippen molar-refractivity contribution >= 4 is 0 Å². The molecule has 0 aromatic heterocycles. The second-order valence-electron chi connectivity index (χ2n) is 14.1. The zero-order valence-electron chi connectivity index (χ0n) is 26.3. The molecule has 0 aromatic rings. The van der Waals surface area contributed by atoms with Gasteiger partial charge in [0.2, 0.25) is 0 Å². The van der Waals surface area contributed by atoms with Gasteiger partial charge in [-0.2, -0.15) is 0 Å². The van der Waals surface area contributed by atoms with E-state index < -0.39 is 0 Å². The first-order chi connectivity index (χ1) is 19.3. The molecule has 11 atom stereocenters. The maximum Gasteiger partial charge on any atom is 0.0637 e. The van der Waals surface area contributed by atoms with Gasteiger partial charge in [0.1, 0.15) is 0 Å². The average Bonchev–Trinajstić information content (AvgIpc) is 3.31. The Morgan fingerprint density at radius 1 is 0.800 bits per heavy atom. The number of hydrogen-bond donors (Lipinski definition) is 3. The molecule has 6 N–H and O–H groups in total. The fraction of sp³-hybridized carbons (Fsp3) is 1.00. The Kier molecular flexibility index (Phi) is 12.2. The Hall–Kier alpha value is -0.280. The molecule has 0 radical (unpaired) electrons. The normalized spacial score (nSPS) is 41.8. The van der Waals surface area contributed by atoms with Crippen LogP contribution in [0.2, 0.25) is 0 Å². The largest absolute Gasteiger partial charge is 0.381 e. The summed E-state index contributed by atoms with van der Waals surface area (Å²) in [6.45, 7) is 15.3. The van der Waals surface area contributed by atoms with E-state index in [2.05, 4.69) is 27.7 Å². The first-order valence-corrected chi connectivity index (χ1v) is 16.9. The van der Waals surface area contributed by atoms with Crippen LogP contribution in [-0.2, 0) is 18.9 Å². The summed E-state index contributed by atoms with van der Waals surface area (Å²) in [5.41, 5.74) is 18.2. The van der Waals surface area contributed by atoms with Crippen molar-refractivity contribution in [3.8, 4) is 0 Å². The summed E-state index contributed by atoms with van der Waals surface area (Å²) in [6, 6.07) is 0. The van der Waals surface area contributed by atoms with Crippen LogP contribution in [0.4, 0.5) is 0 Å². The van der Waals surface area contributed by atoms with E-state index in [1.165, 1.54) is 25.7 Å². The summed E-state index contributed by atoms with van der Waals surface area (Å²) in [7, 11) is 0. The summed E-state index contributed by atoms with van der Waals surface area (Å²) in [5, 5.41) is 0. The molecule has 4 fully saturated rings. The number of rotatable bonds is 16. The molecule has 4 aliphatic carbocycles. The Morgan fingerprint density at radius 3 is 2.25 bits per heavy atom. The molecular formula is C33H63N3O4. The quantitative estimate of drug-likeness (QED) is 0.232. The molecule has 0 aromatic carbocycles. The van der Waals surface area contributed by atoms with Crippen LogP contribution in [0.15, 0.2) is 0 Å². The van der Waals surface area contributed by atoms with Crippen molar-refractivity contribution in [1.82, 2.24) is 0 Å². The van der Waals surface area contributed by atoms with Gasteiger partial charge in [0.05, 0.1) is 38.1 Å². The summed E-state index contributed by atoms with van der Waals surface area (Å²) >= 11 is 0. The molecule has 0 heterocycles. The van der Waals surface area contributed by atoms with Crippen molar-refractivity contribution in [3.63, 3.8) is 0 Å². The molecule has 0 aliphatic heterocycles. The van der Waals surface area contributed by atoms with Crippen molar-refractivity contribution in [3.05, 3.63) is 0 Å². The topological polar surface area (TPSA) is 115 Å². The Labute approximate surface area is 245 Å². The predicted molar refractivity (Wildman–Crippen MR) is 162 cm³/mol. The smallest absolute Gasteiger partial charge is 0.0637 e. The molecule has 0 spiro atoms. The van der Waals surface area contributed by atoms with E-state index in [0.29, 0.717) is 86.5 Å². The van der Waals surface area contributed by atoms with Crippen LogP contribution in [-0.4, -0.2) is 71.0 Å². The summed E-state index contributed by atoms with van der Waals surface area (Å²) < 4.78 is 25.6. The van der Waals surface area contributed by atoms with Gasteiger partial charge in [-0.05, 0) is 105 Å². The highest BCUT2D eigenvalue weighted by atomic mass is 16.5. The maximum absolute atomic E-state index is 6.80. The predicted octanol–water partition coefficient (Wildman–Crippen LogP) is 4.74. The fourth-order valence-electron chi connectivity index (χ4n) is 10.3. The molecule has 0 amide bonds. The van der Waals surface area contributed by atoms with Crippen LogP contribution >= 0.6 is 0 Å². The van der Waals surface area contributed by atoms with E-state index in [1.807, 2.05) is 0 Å². The monoisotopic (exact) mass is 565 g/mol. The lowest BCUT2D eigenvalue weighted by atomic mass is 9.43. The number of hydrogen-bond acceptors (Lipinski definition) is 7. The lowest BCUT2D eigenvalue weighted by Gasteiger charge is -2.64. The lowest BCUT2D eigenvalue weighted by molar-refractivity contribution is -0.226. The summed E-state index contributed by atoms with van der Waals surface area (Å²) in [4.78, 5) is 0. The molecule has 40 heavy (non-hydrogen) atoms. The molecule has 4 rings (SSSR count). The van der Waals surface area contributed by atoms with Gasteiger partial charge in [-0.1, -0.05) is 27.7 Å². The van der Waals surface area contributed by atoms with Gasteiger partial charge < -0.3 is 36.1 Å². The zero-order valence-corrected chi connectivity index (χ0v) is 26.3. The van der Waals surface area contributed by atoms with Crippen molar-refractivity contribution in [1.29, 1.82) is 0 Å². The fourth-order valence-corrected chi connectivity index (χ4v) is 10.3.